The van der Waals surface area contributed by atoms with Gasteiger partial charge in [-0.3, -0.25) is 9.59 Å². The van der Waals surface area contributed by atoms with Gasteiger partial charge in [0.1, 0.15) is 0 Å². The molecule has 2 rings (SSSR count). The zero-order chi connectivity index (χ0) is 19.0. The molecule has 1 heterocycles. The molecule has 0 radical (unpaired) electrons. The Morgan fingerprint density at radius 3 is 2.52 bits per heavy atom. The highest BCUT2D eigenvalue weighted by Gasteiger charge is 2.27. The Balaban J connectivity index is 2.09. The van der Waals surface area contributed by atoms with Gasteiger partial charge < -0.3 is 9.80 Å². The van der Waals surface area contributed by atoms with Crippen molar-refractivity contribution >= 4 is 27.5 Å². The van der Waals surface area contributed by atoms with Crippen LogP contribution in [0.25, 0.3) is 0 Å². The monoisotopic (exact) mass is 367 g/mol. The van der Waals surface area contributed by atoms with E-state index < -0.39 is 10.0 Å². The number of carbonyl (C=O) groups excluding carboxylic acids is 2. The van der Waals surface area contributed by atoms with Gasteiger partial charge in [-0.2, -0.15) is 0 Å². The van der Waals surface area contributed by atoms with Crippen molar-refractivity contribution in [3.8, 4) is 0 Å². The van der Waals surface area contributed by atoms with Gasteiger partial charge in [0, 0.05) is 38.3 Å². The molecule has 0 unspecified atom stereocenters. The largest absolute Gasteiger partial charge is 0.337 e. The van der Waals surface area contributed by atoms with Gasteiger partial charge in [-0.25, -0.2) is 13.1 Å². The van der Waals surface area contributed by atoms with E-state index in [9.17, 15) is 18.0 Å². The Kier molecular flexibility index (Phi) is 5.24. The molecule has 1 aliphatic rings. The predicted molar refractivity (Wildman–Crippen MR) is 95.9 cm³/mol. The van der Waals surface area contributed by atoms with E-state index >= 15 is 0 Å². The van der Waals surface area contributed by atoms with Crippen LogP contribution in [-0.2, 0) is 26.0 Å². The average molecular weight is 367 g/mol. The molecule has 0 spiro atoms. The van der Waals surface area contributed by atoms with Crippen LogP contribution in [0, 0.1) is 0 Å². The highest BCUT2D eigenvalue weighted by atomic mass is 32.2. The van der Waals surface area contributed by atoms with E-state index in [2.05, 4.69) is 4.72 Å². The lowest BCUT2D eigenvalue weighted by molar-refractivity contribution is -0.133. The lowest BCUT2D eigenvalue weighted by Gasteiger charge is -2.35. The number of fused-ring (bicyclic) bond motifs is 1. The topological polar surface area (TPSA) is 86.8 Å². The summed E-state index contributed by atoms with van der Waals surface area (Å²) in [7, 11) is -2.03. The minimum Gasteiger partial charge on any atom is -0.337 e. The molecule has 138 valence electrons. The van der Waals surface area contributed by atoms with Crippen molar-refractivity contribution in [2.75, 3.05) is 25.0 Å². The fourth-order valence-electron chi connectivity index (χ4n) is 2.95. The number of likely N-dealkylation sites (N-methyl/N-ethyl adjacent to an activating group) is 1. The lowest BCUT2D eigenvalue weighted by atomic mass is 10.1. The number of hydrogen-bond acceptors (Lipinski definition) is 4. The summed E-state index contributed by atoms with van der Waals surface area (Å²) < 4.78 is 27.5. The van der Waals surface area contributed by atoms with Gasteiger partial charge >= 0.3 is 0 Å². The number of rotatable bonds is 5. The quantitative estimate of drug-likeness (QED) is 0.845. The number of hydrogen-bond donors (Lipinski definition) is 1. The first-order valence-corrected chi connectivity index (χ1v) is 9.59. The summed E-state index contributed by atoms with van der Waals surface area (Å²) in [6.45, 7) is 7.57. The molecule has 0 aromatic heterocycles. The molecule has 0 atom stereocenters. The van der Waals surface area contributed by atoms with Crippen molar-refractivity contribution in [2.24, 2.45) is 0 Å². The number of carbonyl (C=O) groups is 2. The van der Waals surface area contributed by atoms with Gasteiger partial charge in [-0.1, -0.05) is 0 Å². The van der Waals surface area contributed by atoms with Crippen LogP contribution in [0.3, 0.4) is 0 Å². The fraction of sp³-hybridized carbons (Fsp3) is 0.529. The third kappa shape index (κ3) is 4.19. The van der Waals surface area contributed by atoms with E-state index in [1.165, 1.54) is 24.0 Å². The molecule has 0 aliphatic carbocycles. The van der Waals surface area contributed by atoms with E-state index in [0.717, 1.165) is 5.69 Å². The summed E-state index contributed by atoms with van der Waals surface area (Å²) in [5, 5.41) is 0. The van der Waals surface area contributed by atoms with Crippen LogP contribution in [0.1, 0.15) is 33.3 Å². The lowest BCUT2D eigenvalue weighted by Crippen LogP contribution is -2.48. The van der Waals surface area contributed by atoms with Crippen LogP contribution in [0.15, 0.2) is 23.1 Å². The third-order valence-electron chi connectivity index (χ3n) is 4.26. The molecule has 1 aromatic rings. The maximum atomic E-state index is 12.5. The molecule has 0 saturated carbocycles. The molecule has 1 aliphatic heterocycles. The average Bonchev–Trinajstić information content (AvgIpc) is 2.76. The molecule has 0 saturated heterocycles. The molecule has 25 heavy (non-hydrogen) atoms. The minimum atomic E-state index is -3.70. The summed E-state index contributed by atoms with van der Waals surface area (Å²) >= 11 is 0. The third-order valence-corrected chi connectivity index (χ3v) is 5.71. The number of nitrogens with zero attached hydrogens (tertiary/aromatic N) is 2. The summed E-state index contributed by atoms with van der Waals surface area (Å²) in [6.07, 6.45) is 0.206. The van der Waals surface area contributed by atoms with Gasteiger partial charge in [0.2, 0.25) is 21.8 Å². The second kappa shape index (κ2) is 6.76. The second-order valence-electron chi connectivity index (χ2n) is 7.16. The first-order valence-electron chi connectivity index (χ1n) is 8.11. The standard InChI is InChI=1S/C17H25N3O4S/c1-12(21)20(17(2,3)4)9-8-18-25(23,24)14-6-7-15-13(10-14)11-16(22)19(15)5/h6-7,10,18H,8-9,11H2,1-5H3. The zero-order valence-corrected chi connectivity index (χ0v) is 16.1. The Bertz CT molecular complexity index is 797. The number of amides is 2. The SMILES string of the molecule is CC(=O)N(CCNS(=O)(=O)c1ccc2c(c1)CC(=O)N2C)C(C)(C)C. The van der Waals surface area contributed by atoms with Crippen molar-refractivity contribution in [3.63, 3.8) is 0 Å². The van der Waals surface area contributed by atoms with Gasteiger partial charge in [0.05, 0.1) is 11.3 Å². The smallest absolute Gasteiger partial charge is 0.240 e. The van der Waals surface area contributed by atoms with Crippen molar-refractivity contribution in [1.82, 2.24) is 9.62 Å². The summed E-state index contributed by atoms with van der Waals surface area (Å²) in [5.74, 6) is -0.162. The van der Waals surface area contributed by atoms with E-state index in [-0.39, 0.29) is 41.8 Å². The minimum absolute atomic E-state index is 0.0558. The Morgan fingerprint density at radius 1 is 1.32 bits per heavy atom. The molecule has 0 fully saturated rings. The molecule has 0 bridgehead atoms. The number of anilines is 1. The molecular weight excluding hydrogens is 342 g/mol. The zero-order valence-electron chi connectivity index (χ0n) is 15.3. The molecule has 1 N–H and O–H groups in total. The molecular formula is C17H25N3O4S. The van der Waals surface area contributed by atoms with Gasteiger partial charge in [-0.05, 0) is 44.5 Å². The number of sulfonamides is 1. The van der Waals surface area contributed by atoms with Crippen LogP contribution in [0.5, 0.6) is 0 Å². The first kappa shape index (κ1) is 19.4. The highest BCUT2D eigenvalue weighted by molar-refractivity contribution is 7.89. The van der Waals surface area contributed by atoms with Crippen LogP contribution in [-0.4, -0.2) is 50.8 Å². The highest BCUT2D eigenvalue weighted by Crippen LogP contribution is 2.29. The van der Waals surface area contributed by atoms with Crippen LogP contribution in [0.4, 0.5) is 5.69 Å². The van der Waals surface area contributed by atoms with Crippen molar-refractivity contribution in [2.45, 2.75) is 44.6 Å². The van der Waals surface area contributed by atoms with Crippen molar-refractivity contribution in [1.29, 1.82) is 0 Å². The van der Waals surface area contributed by atoms with Crippen LogP contribution < -0.4 is 9.62 Å². The van der Waals surface area contributed by atoms with E-state index in [1.807, 2.05) is 20.8 Å². The normalized spacial score (nSPS) is 14.6. The van der Waals surface area contributed by atoms with E-state index in [4.69, 9.17) is 0 Å². The Hall–Kier alpha value is -1.93. The Morgan fingerprint density at radius 2 is 1.96 bits per heavy atom. The maximum Gasteiger partial charge on any atom is 0.240 e. The van der Waals surface area contributed by atoms with E-state index in [1.54, 1.807) is 18.0 Å². The van der Waals surface area contributed by atoms with Crippen molar-refractivity contribution < 1.29 is 18.0 Å². The van der Waals surface area contributed by atoms with Crippen molar-refractivity contribution in [3.05, 3.63) is 23.8 Å². The maximum absolute atomic E-state index is 12.5. The van der Waals surface area contributed by atoms with Crippen LogP contribution >= 0.6 is 0 Å². The summed E-state index contributed by atoms with van der Waals surface area (Å²) in [4.78, 5) is 26.7. The van der Waals surface area contributed by atoms with Gasteiger partial charge in [-0.15, -0.1) is 0 Å². The second-order valence-corrected chi connectivity index (χ2v) is 8.93. The number of benzene rings is 1. The summed E-state index contributed by atoms with van der Waals surface area (Å²) in [6, 6.07) is 4.67. The molecule has 8 heteroatoms. The molecule has 7 nitrogen and oxygen atoms in total. The predicted octanol–water partition coefficient (Wildman–Crippen LogP) is 1.13. The number of nitrogens with one attached hydrogen (secondary N) is 1. The Labute approximate surface area is 149 Å². The first-order chi connectivity index (χ1) is 11.4. The molecule has 1 aromatic carbocycles. The van der Waals surface area contributed by atoms with Gasteiger partial charge in [0.25, 0.3) is 0 Å². The van der Waals surface area contributed by atoms with E-state index in [0.29, 0.717) is 5.56 Å². The van der Waals surface area contributed by atoms with Crippen LogP contribution in [0.2, 0.25) is 0 Å². The summed E-state index contributed by atoms with van der Waals surface area (Å²) in [5.41, 5.74) is 1.06. The fourth-order valence-corrected chi connectivity index (χ4v) is 4.03. The van der Waals surface area contributed by atoms with Gasteiger partial charge in [0.15, 0.2) is 0 Å². The molecule has 2 amide bonds.